The normalized spacial score (nSPS) is 30.3. The predicted molar refractivity (Wildman–Crippen MR) is 83.5 cm³/mol. The maximum Gasteiger partial charge on any atom is 0.0128 e. The van der Waals surface area contributed by atoms with Crippen molar-refractivity contribution >= 4 is 0 Å². The Morgan fingerprint density at radius 1 is 1.16 bits per heavy atom. The highest BCUT2D eigenvalue weighted by molar-refractivity contribution is 4.90. The van der Waals surface area contributed by atoms with E-state index in [2.05, 4.69) is 37.9 Å². The first-order chi connectivity index (χ1) is 9.02. The van der Waals surface area contributed by atoms with E-state index in [9.17, 15) is 0 Å². The van der Waals surface area contributed by atoms with Gasteiger partial charge in [0.2, 0.25) is 0 Å². The van der Waals surface area contributed by atoms with Crippen LogP contribution in [0.25, 0.3) is 0 Å². The molecule has 3 unspecified atom stereocenters. The van der Waals surface area contributed by atoms with Crippen molar-refractivity contribution in [2.24, 2.45) is 11.3 Å². The molecule has 1 aliphatic carbocycles. The molecule has 0 radical (unpaired) electrons. The fourth-order valence-corrected chi connectivity index (χ4v) is 4.22. The number of nitrogens with one attached hydrogen (secondary N) is 1. The van der Waals surface area contributed by atoms with Gasteiger partial charge in [0.15, 0.2) is 0 Å². The van der Waals surface area contributed by atoms with E-state index in [0.717, 1.165) is 18.5 Å². The highest BCUT2D eigenvalue weighted by atomic mass is 15.2. The van der Waals surface area contributed by atoms with Crippen LogP contribution in [0.3, 0.4) is 0 Å². The minimum Gasteiger partial charge on any atom is -0.314 e. The molecule has 2 heteroatoms. The standard InChI is InChI=1S/C17H34N2/c1-5-18-16(17(2,3)4)11-13-19-12-7-9-14-8-6-10-15(14)19/h14-16,18H,5-13H2,1-4H3. The summed E-state index contributed by atoms with van der Waals surface area (Å²) in [5.41, 5.74) is 0.376. The molecule has 1 saturated carbocycles. The molecular weight excluding hydrogens is 232 g/mol. The quantitative estimate of drug-likeness (QED) is 0.817. The molecule has 0 spiro atoms. The van der Waals surface area contributed by atoms with Gasteiger partial charge in [-0.25, -0.2) is 0 Å². The monoisotopic (exact) mass is 266 g/mol. The van der Waals surface area contributed by atoms with Crippen molar-refractivity contribution < 1.29 is 0 Å². The number of hydrogen-bond acceptors (Lipinski definition) is 2. The van der Waals surface area contributed by atoms with Crippen LogP contribution in [-0.2, 0) is 0 Å². The zero-order valence-corrected chi connectivity index (χ0v) is 13.5. The summed E-state index contributed by atoms with van der Waals surface area (Å²) in [4.78, 5) is 2.82. The van der Waals surface area contributed by atoms with Gasteiger partial charge < -0.3 is 10.2 Å². The fraction of sp³-hybridized carbons (Fsp3) is 1.00. The Bertz CT molecular complexity index is 269. The first-order valence-electron chi connectivity index (χ1n) is 8.49. The molecule has 2 aliphatic rings. The number of fused-ring (bicyclic) bond motifs is 1. The smallest absolute Gasteiger partial charge is 0.0128 e. The van der Waals surface area contributed by atoms with Crippen molar-refractivity contribution in [3.05, 3.63) is 0 Å². The molecule has 0 bridgehead atoms. The zero-order valence-electron chi connectivity index (χ0n) is 13.5. The molecule has 19 heavy (non-hydrogen) atoms. The van der Waals surface area contributed by atoms with Gasteiger partial charge in [-0.1, -0.05) is 34.1 Å². The highest BCUT2D eigenvalue weighted by Gasteiger charge is 2.35. The summed E-state index contributed by atoms with van der Waals surface area (Å²) in [7, 11) is 0. The van der Waals surface area contributed by atoms with Crippen molar-refractivity contribution in [2.75, 3.05) is 19.6 Å². The predicted octanol–water partition coefficient (Wildman–Crippen LogP) is 3.67. The number of hydrogen-bond donors (Lipinski definition) is 1. The Morgan fingerprint density at radius 2 is 1.89 bits per heavy atom. The number of piperidine rings is 1. The highest BCUT2D eigenvalue weighted by Crippen LogP contribution is 2.37. The maximum atomic E-state index is 3.70. The Balaban J connectivity index is 1.85. The Morgan fingerprint density at radius 3 is 2.58 bits per heavy atom. The minimum absolute atomic E-state index is 0.376. The van der Waals surface area contributed by atoms with Gasteiger partial charge in [0.1, 0.15) is 0 Å². The van der Waals surface area contributed by atoms with Crippen LogP contribution in [0.4, 0.5) is 0 Å². The van der Waals surface area contributed by atoms with Gasteiger partial charge in [0.05, 0.1) is 0 Å². The Kier molecular flexibility index (Phi) is 5.30. The van der Waals surface area contributed by atoms with Crippen molar-refractivity contribution in [3.8, 4) is 0 Å². The van der Waals surface area contributed by atoms with Crippen LogP contribution in [-0.4, -0.2) is 36.6 Å². The summed E-state index contributed by atoms with van der Waals surface area (Å²) in [6.07, 6.45) is 8.67. The fourth-order valence-electron chi connectivity index (χ4n) is 4.22. The molecule has 112 valence electrons. The lowest BCUT2D eigenvalue weighted by Crippen LogP contribution is -2.47. The van der Waals surface area contributed by atoms with Gasteiger partial charge in [-0.05, 0) is 63.1 Å². The average Bonchev–Trinajstić information content (AvgIpc) is 2.81. The third kappa shape index (κ3) is 3.95. The first-order valence-corrected chi connectivity index (χ1v) is 8.49. The molecule has 2 fully saturated rings. The number of rotatable bonds is 5. The second-order valence-electron chi connectivity index (χ2n) is 7.70. The third-order valence-electron chi connectivity index (χ3n) is 5.31. The first kappa shape index (κ1) is 15.3. The Labute approximate surface area is 120 Å². The van der Waals surface area contributed by atoms with Crippen LogP contribution in [0.5, 0.6) is 0 Å². The minimum atomic E-state index is 0.376. The van der Waals surface area contributed by atoms with Crippen LogP contribution in [0, 0.1) is 11.3 Å². The summed E-state index contributed by atoms with van der Waals surface area (Å²) in [5, 5.41) is 3.70. The topological polar surface area (TPSA) is 15.3 Å². The van der Waals surface area contributed by atoms with Crippen LogP contribution < -0.4 is 5.32 Å². The molecule has 0 aromatic heterocycles. The van der Waals surface area contributed by atoms with E-state index in [1.807, 2.05) is 0 Å². The summed E-state index contributed by atoms with van der Waals surface area (Å²) >= 11 is 0. The van der Waals surface area contributed by atoms with Crippen LogP contribution in [0.2, 0.25) is 0 Å². The Hall–Kier alpha value is -0.0800. The van der Waals surface area contributed by atoms with E-state index in [1.165, 1.54) is 51.6 Å². The molecular formula is C17H34N2. The second kappa shape index (κ2) is 6.58. The van der Waals surface area contributed by atoms with Crippen LogP contribution in [0.15, 0.2) is 0 Å². The summed E-state index contributed by atoms with van der Waals surface area (Å²) in [6.45, 7) is 13.1. The third-order valence-corrected chi connectivity index (χ3v) is 5.31. The largest absolute Gasteiger partial charge is 0.314 e. The molecule has 0 aromatic carbocycles. The zero-order chi connectivity index (χ0) is 13.9. The van der Waals surface area contributed by atoms with Crippen LogP contribution in [0.1, 0.15) is 66.2 Å². The molecule has 1 aliphatic heterocycles. The van der Waals surface area contributed by atoms with Gasteiger partial charge in [-0.15, -0.1) is 0 Å². The van der Waals surface area contributed by atoms with E-state index >= 15 is 0 Å². The van der Waals surface area contributed by atoms with Crippen molar-refractivity contribution in [1.29, 1.82) is 0 Å². The molecule has 2 rings (SSSR count). The molecule has 1 N–H and O–H groups in total. The van der Waals surface area contributed by atoms with Gasteiger partial charge in [-0.3, -0.25) is 0 Å². The second-order valence-corrected chi connectivity index (χ2v) is 7.70. The molecule has 2 nitrogen and oxygen atoms in total. The van der Waals surface area contributed by atoms with E-state index in [0.29, 0.717) is 11.5 Å². The van der Waals surface area contributed by atoms with Crippen molar-refractivity contribution in [2.45, 2.75) is 78.3 Å². The van der Waals surface area contributed by atoms with Crippen LogP contribution >= 0.6 is 0 Å². The van der Waals surface area contributed by atoms with Crippen molar-refractivity contribution in [3.63, 3.8) is 0 Å². The van der Waals surface area contributed by atoms with E-state index in [4.69, 9.17) is 0 Å². The SMILES string of the molecule is CCNC(CCN1CCCC2CCCC21)C(C)(C)C. The van der Waals surface area contributed by atoms with Gasteiger partial charge in [0, 0.05) is 12.1 Å². The summed E-state index contributed by atoms with van der Waals surface area (Å²) in [6, 6.07) is 1.58. The van der Waals surface area contributed by atoms with Crippen molar-refractivity contribution in [1.82, 2.24) is 10.2 Å². The van der Waals surface area contributed by atoms with Gasteiger partial charge >= 0.3 is 0 Å². The van der Waals surface area contributed by atoms with E-state index in [1.54, 1.807) is 0 Å². The summed E-state index contributed by atoms with van der Waals surface area (Å²) in [5.74, 6) is 1.03. The van der Waals surface area contributed by atoms with E-state index < -0.39 is 0 Å². The lowest BCUT2D eigenvalue weighted by molar-refractivity contribution is 0.0999. The number of likely N-dealkylation sites (tertiary alicyclic amines) is 1. The molecule has 0 aromatic rings. The molecule has 3 atom stereocenters. The molecule has 1 heterocycles. The average molecular weight is 266 g/mol. The number of nitrogens with zero attached hydrogens (tertiary/aromatic N) is 1. The van der Waals surface area contributed by atoms with E-state index in [-0.39, 0.29) is 0 Å². The summed E-state index contributed by atoms with van der Waals surface area (Å²) < 4.78 is 0. The molecule has 1 saturated heterocycles. The van der Waals surface area contributed by atoms with Gasteiger partial charge in [0.25, 0.3) is 0 Å². The molecule has 0 amide bonds. The lowest BCUT2D eigenvalue weighted by Gasteiger charge is -2.40. The lowest BCUT2D eigenvalue weighted by atomic mass is 9.84. The van der Waals surface area contributed by atoms with Gasteiger partial charge in [-0.2, -0.15) is 0 Å². The maximum absolute atomic E-state index is 3.70.